The van der Waals surface area contributed by atoms with Crippen LogP contribution >= 0.6 is 0 Å². The van der Waals surface area contributed by atoms with Gasteiger partial charge in [-0.1, -0.05) is 24.3 Å². The molecule has 3 aromatic rings. The lowest BCUT2D eigenvalue weighted by molar-refractivity contribution is -0.139. The predicted octanol–water partition coefficient (Wildman–Crippen LogP) is 3.20. The van der Waals surface area contributed by atoms with E-state index in [9.17, 15) is 9.59 Å². The Hall–Kier alpha value is -3.41. The number of carbonyl (C=O) groups is 2. The minimum absolute atomic E-state index is 0.110. The van der Waals surface area contributed by atoms with E-state index in [1.54, 1.807) is 30.3 Å². The van der Waals surface area contributed by atoms with Gasteiger partial charge in [0.05, 0.1) is 13.0 Å². The Balaban J connectivity index is 1.52. The number of hydrogen-bond donors (Lipinski definition) is 0. The Bertz CT molecular complexity index is 1010. The molecule has 0 radical (unpaired) electrons. The maximum atomic E-state index is 12.7. The molecule has 2 aromatic carbocycles. The molecule has 0 unspecified atom stereocenters. The van der Waals surface area contributed by atoms with E-state index >= 15 is 0 Å². The number of hydrogen-bond acceptors (Lipinski definition) is 5. The van der Waals surface area contributed by atoms with Crippen molar-refractivity contribution in [3.63, 3.8) is 0 Å². The van der Waals surface area contributed by atoms with Crippen LogP contribution in [-0.2, 0) is 9.59 Å². The van der Waals surface area contributed by atoms with Gasteiger partial charge in [0, 0.05) is 36.3 Å². The lowest BCUT2D eigenvalue weighted by Crippen LogP contribution is -2.27. The summed E-state index contributed by atoms with van der Waals surface area (Å²) in [4.78, 5) is 31.0. The van der Waals surface area contributed by atoms with E-state index in [2.05, 4.69) is 4.98 Å². The Morgan fingerprint density at radius 3 is 2.81 bits per heavy atom. The molecule has 6 heteroatoms. The smallest absolute Gasteiger partial charge is 0.316 e. The zero-order valence-corrected chi connectivity index (χ0v) is 14.8. The molecule has 1 fully saturated rings. The zero-order valence-electron chi connectivity index (χ0n) is 14.8. The zero-order chi connectivity index (χ0) is 18.8. The van der Waals surface area contributed by atoms with Gasteiger partial charge in [0.25, 0.3) is 0 Å². The molecule has 1 atom stereocenters. The van der Waals surface area contributed by atoms with Crippen molar-refractivity contribution in [3.05, 3.63) is 60.8 Å². The fraction of sp³-hybridized carbons (Fsp3) is 0.190. The number of methoxy groups -OCH3 is 1. The number of rotatable bonds is 4. The highest BCUT2D eigenvalue weighted by Crippen LogP contribution is 2.30. The normalized spacial score (nSPS) is 16.6. The second-order valence-corrected chi connectivity index (χ2v) is 6.36. The molecule has 2 heterocycles. The standard InChI is InChI=1S/C21H18N2O4/c1-26-17-8-3-7-16(12-17)23-13-15(11-19(23)24)21(25)27-18-9-2-5-14-6-4-10-22-20(14)18/h2-10,12,15H,11,13H2,1H3/t15-/m1/s1. The van der Waals surface area contributed by atoms with E-state index in [-0.39, 0.29) is 18.9 Å². The molecule has 0 N–H and O–H groups in total. The fourth-order valence-electron chi connectivity index (χ4n) is 3.24. The second-order valence-electron chi connectivity index (χ2n) is 6.36. The summed E-state index contributed by atoms with van der Waals surface area (Å²) in [6, 6.07) is 16.4. The summed E-state index contributed by atoms with van der Waals surface area (Å²) in [5.74, 6) is 0.00866. The van der Waals surface area contributed by atoms with Gasteiger partial charge in [-0.05, 0) is 24.3 Å². The number of amides is 1. The van der Waals surface area contributed by atoms with Crippen LogP contribution in [0.5, 0.6) is 11.5 Å². The molecule has 136 valence electrons. The van der Waals surface area contributed by atoms with Crippen LogP contribution in [0.2, 0.25) is 0 Å². The molecule has 0 spiro atoms. The molecule has 1 aliphatic heterocycles. The van der Waals surface area contributed by atoms with Gasteiger partial charge in [-0.15, -0.1) is 0 Å². The number of aromatic nitrogens is 1. The van der Waals surface area contributed by atoms with Crippen molar-refractivity contribution in [2.45, 2.75) is 6.42 Å². The maximum absolute atomic E-state index is 12.7. The molecule has 0 aliphatic carbocycles. The number of benzene rings is 2. The van der Waals surface area contributed by atoms with E-state index in [1.807, 2.05) is 42.5 Å². The van der Waals surface area contributed by atoms with Gasteiger partial charge in [-0.3, -0.25) is 14.6 Å². The first kappa shape index (κ1) is 17.0. The number of ether oxygens (including phenoxy) is 2. The molecule has 4 rings (SSSR count). The molecule has 0 saturated carbocycles. The van der Waals surface area contributed by atoms with Crippen molar-refractivity contribution in [2.75, 3.05) is 18.6 Å². The Labute approximate surface area is 156 Å². The average Bonchev–Trinajstić information content (AvgIpc) is 3.10. The van der Waals surface area contributed by atoms with E-state index in [0.717, 1.165) is 5.39 Å². The quantitative estimate of drug-likeness (QED) is 0.527. The number of fused-ring (bicyclic) bond motifs is 1. The van der Waals surface area contributed by atoms with Crippen LogP contribution in [0, 0.1) is 5.92 Å². The first-order valence-corrected chi connectivity index (χ1v) is 8.65. The number of esters is 1. The summed E-state index contributed by atoms with van der Waals surface area (Å²) < 4.78 is 10.8. The monoisotopic (exact) mass is 362 g/mol. The third-order valence-corrected chi connectivity index (χ3v) is 4.63. The highest BCUT2D eigenvalue weighted by molar-refractivity contribution is 6.00. The topological polar surface area (TPSA) is 68.7 Å². The van der Waals surface area contributed by atoms with Crippen molar-refractivity contribution in [3.8, 4) is 11.5 Å². The van der Waals surface area contributed by atoms with Crippen molar-refractivity contribution >= 4 is 28.5 Å². The number of pyridine rings is 1. The Morgan fingerprint density at radius 1 is 1.15 bits per heavy atom. The van der Waals surface area contributed by atoms with Crippen molar-refractivity contribution < 1.29 is 19.1 Å². The lowest BCUT2D eigenvalue weighted by atomic mass is 10.1. The predicted molar refractivity (Wildman–Crippen MR) is 101 cm³/mol. The maximum Gasteiger partial charge on any atom is 0.316 e. The van der Waals surface area contributed by atoms with Gasteiger partial charge in [0.2, 0.25) is 5.91 Å². The van der Waals surface area contributed by atoms with Crippen LogP contribution in [0.25, 0.3) is 10.9 Å². The highest BCUT2D eigenvalue weighted by atomic mass is 16.5. The summed E-state index contributed by atoms with van der Waals surface area (Å²) in [6.07, 6.45) is 1.78. The van der Waals surface area contributed by atoms with Crippen molar-refractivity contribution in [1.29, 1.82) is 0 Å². The second kappa shape index (κ2) is 7.07. The Morgan fingerprint density at radius 2 is 1.96 bits per heavy atom. The van der Waals surface area contributed by atoms with Gasteiger partial charge in [0.1, 0.15) is 11.3 Å². The number of para-hydroxylation sites is 1. The minimum Gasteiger partial charge on any atom is -0.497 e. The van der Waals surface area contributed by atoms with Crippen LogP contribution in [0.1, 0.15) is 6.42 Å². The van der Waals surface area contributed by atoms with E-state index in [1.165, 1.54) is 0 Å². The van der Waals surface area contributed by atoms with Crippen molar-refractivity contribution in [1.82, 2.24) is 4.98 Å². The minimum atomic E-state index is -0.525. The SMILES string of the molecule is COc1cccc(N2C[C@H](C(=O)Oc3cccc4cccnc34)CC2=O)c1. The molecular weight excluding hydrogens is 344 g/mol. The van der Waals surface area contributed by atoms with Gasteiger partial charge in [-0.2, -0.15) is 0 Å². The molecule has 6 nitrogen and oxygen atoms in total. The van der Waals surface area contributed by atoms with E-state index < -0.39 is 11.9 Å². The number of nitrogens with zero attached hydrogens (tertiary/aromatic N) is 2. The van der Waals surface area contributed by atoms with Crippen LogP contribution in [0.3, 0.4) is 0 Å². The molecule has 1 aromatic heterocycles. The van der Waals surface area contributed by atoms with Crippen molar-refractivity contribution in [2.24, 2.45) is 5.92 Å². The summed E-state index contributed by atoms with van der Waals surface area (Å²) in [5.41, 5.74) is 1.34. The van der Waals surface area contributed by atoms with E-state index in [0.29, 0.717) is 22.7 Å². The third-order valence-electron chi connectivity index (χ3n) is 4.63. The molecule has 27 heavy (non-hydrogen) atoms. The average molecular weight is 362 g/mol. The lowest BCUT2D eigenvalue weighted by Gasteiger charge is -2.17. The van der Waals surface area contributed by atoms with Crippen LogP contribution in [-0.4, -0.2) is 30.5 Å². The van der Waals surface area contributed by atoms with Gasteiger partial charge >= 0.3 is 5.97 Å². The molecule has 0 bridgehead atoms. The van der Waals surface area contributed by atoms with Gasteiger partial charge < -0.3 is 14.4 Å². The van der Waals surface area contributed by atoms with Crippen LogP contribution in [0.4, 0.5) is 5.69 Å². The molecule has 1 aliphatic rings. The third kappa shape index (κ3) is 3.33. The first-order valence-electron chi connectivity index (χ1n) is 8.65. The summed E-state index contributed by atoms with van der Waals surface area (Å²) in [7, 11) is 1.57. The first-order chi connectivity index (χ1) is 13.2. The molecule has 1 saturated heterocycles. The summed E-state index contributed by atoms with van der Waals surface area (Å²) in [6.45, 7) is 0.281. The largest absolute Gasteiger partial charge is 0.497 e. The Kier molecular flexibility index (Phi) is 4.46. The highest BCUT2D eigenvalue weighted by Gasteiger charge is 2.36. The van der Waals surface area contributed by atoms with Crippen LogP contribution < -0.4 is 14.4 Å². The van der Waals surface area contributed by atoms with E-state index in [4.69, 9.17) is 9.47 Å². The number of anilines is 1. The summed E-state index contributed by atoms with van der Waals surface area (Å²) in [5, 5.41) is 0.892. The molecule has 1 amide bonds. The summed E-state index contributed by atoms with van der Waals surface area (Å²) >= 11 is 0. The fourth-order valence-corrected chi connectivity index (χ4v) is 3.24. The van der Waals surface area contributed by atoms with Gasteiger partial charge in [-0.25, -0.2) is 0 Å². The van der Waals surface area contributed by atoms with Crippen LogP contribution in [0.15, 0.2) is 60.8 Å². The number of carbonyl (C=O) groups excluding carboxylic acids is 2. The van der Waals surface area contributed by atoms with Gasteiger partial charge in [0.15, 0.2) is 5.75 Å². The molecular formula is C21H18N2O4.